The lowest BCUT2D eigenvalue weighted by Crippen LogP contribution is -2.29. The SMILES string of the molecule is CC(=O)CC(=O)CNNc1ccccc1S(=O)(=O)O. The van der Waals surface area contributed by atoms with Crippen molar-refractivity contribution in [2.24, 2.45) is 0 Å². The van der Waals surface area contributed by atoms with Gasteiger partial charge >= 0.3 is 0 Å². The zero-order valence-corrected chi connectivity index (χ0v) is 11.0. The van der Waals surface area contributed by atoms with Gasteiger partial charge in [0.2, 0.25) is 0 Å². The molecule has 0 aliphatic rings. The first kappa shape index (κ1) is 15.3. The minimum Gasteiger partial charge on any atom is -0.320 e. The quantitative estimate of drug-likeness (QED) is 0.378. The molecule has 0 atom stereocenters. The summed E-state index contributed by atoms with van der Waals surface area (Å²) >= 11 is 0. The first-order chi connectivity index (χ1) is 8.80. The van der Waals surface area contributed by atoms with Gasteiger partial charge in [-0.3, -0.25) is 14.1 Å². The summed E-state index contributed by atoms with van der Waals surface area (Å²) in [5.74, 6) is -0.575. The molecule has 104 valence electrons. The van der Waals surface area contributed by atoms with Crippen molar-refractivity contribution in [3.63, 3.8) is 0 Å². The van der Waals surface area contributed by atoms with Crippen LogP contribution < -0.4 is 10.9 Å². The Morgan fingerprint density at radius 2 is 1.89 bits per heavy atom. The Morgan fingerprint density at radius 3 is 2.47 bits per heavy atom. The van der Waals surface area contributed by atoms with Gasteiger partial charge in [-0.25, -0.2) is 5.43 Å². The molecule has 19 heavy (non-hydrogen) atoms. The maximum atomic E-state index is 11.2. The topological polar surface area (TPSA) is 113 Å². The predicted octanol–water partition coefficient (Wildman–Crippen LogP) is 0.398. The van der Waals surface area contributed by atoms with Gasteiger partial charge in [0.05, 0.1) is 18.7 Å². The van der Waals surface area contributed by atoms with E-state index in [2.05, 4.69) is 10.9 Å². The molecule has 0 aliphatic carbocycles. The number of carbonyl (C=O) groups is 2. The van der Waals surface area contributed by atoms with E-state index in [9.17, 15) is 18.0 Å². The van der Waals surface area contributed by atoms with E-state index in [1.165, 1.54) is 25.1 Å². The number of hydrazine groups is 1. The molecule has 1 rings (SSSR count). The van der Waals surface area contributed by atoms with Gasteiger partial charge in [-0.1, -0.05) is 12.1 Å². The molecular formula is C11H14N2O5S. The molecule has 1 aromatic carbocycles. The number of anilines is 1. The third-order valence-corrected chi connectivity index (χ3v) is 3.03. The Bertz CT molecular complexity index is 583. The second-order valence-corrected chi connectivity index (χ2v) is 5.26. The smallest absolute Gasteiger partial charge is 0.296 e. The van der Waals surface area contributed by atoms with Crippen LogP contribution in [0, 0.1) is 0 Å². The molecule has 0 aromatic heterocycles. The number of carbonyl (C=O) groups excluding carboxylic acids is 2. The highest BCUT2D eigenvalue weighted by atomic mass is 32.2. The molecule has 0 bridgehead atoms. The van der Waals surface area contributed by atoms with Crippen LogP contribution in [0.3, 0.4) is 0 Å². The van der Waals surface area contributed by atoms with E-state index >= 15 is 0 Å². The van der Waals surface area contributed by atoms with Gasteiger partial charge in [0.15, 0.2) is 5.78 Å². The highest BCUT2D eigenvalue weighted by molar-refractivity contribution is 7.86. The summed E-state index contributed by atoms with van der Waals surface area (Å²) in [5.41, 5.74) is 5.11. The lowest BCUT2D eigenvalue weighted by atomic mass is 10.2. The van der Waals surface area contributed by atoms with E-state index in [1.807, 2.05) is 0 Å². The minimum atomic E-state index is -4.34. The van der Waals surface area contributed by atoms with Crippen molar-refractivity contribution in [2.75, 3.05) is 12.0 Å². The Hall–Kier alpha value is -1.77. The highest BCUT2D eigenvalue weighted by Crippen LogP contribution is 2.19. The van der Waals surface area contributed by atoms with Crippen molar-refractivity contribution in [3.05, 3.63) is 24.3 Å². The monoisotopic (exact) mass is 286 g/mol. The highest BCUT2D eigenvalue weighted by Gasteiger charge is 2.14. The molecule has 0 aliphatic heterocycles. The number of benzene rings is 1. The summed E-state index contributed by atoms with van der Waals surface area (Å²) in [5, 5.41) is 0. The number of hydrogen-bond acceptors (Lipinski definition) is 6. The predicted molar refractivity (Wildman–Crippen MR) is 68.2 cm³/mol. The van der Waals surface area contributed by atoms with Crippen LogP contribution in [-0.2, 0) is 19.7 Å². The second-order valence-electron chi connectivity index (χ2n) is 3.87. The van der Waals surface area contributed by atoms with Crippen molar-refractivity contribution in [3.8, 4) is 0 Å². The minimum absolute atomic E-state index is 0.112. The molecule has 8 heteroatoms. The van der Waals surface area contributed by atoms with Gasteiger partial charge in [0.25, 0.3) is 10.1 Å². The first-order valence-corrected chi connectivity index (χ1v) is 6.81. The molecule has 0 saturated heterocycles. The summed E-state index contributed by atoms with van der Waals surface area (Å²) in [6.45, 7) is 1.17. The largest absolute Gasteiger partial charge is 0.320 e. The lowest BCUT2D eigenvalue weighted by Gasteiger charge is -2.10. The maximum absolute atomic E-state index is 11.2. The van der Waals surface area contributed by atoms with Crippen molar-refractivity contribution < 1.29 is 22.6 Å². The molecular weight excluding hydrogens is 272 g/mol. The number of ketones is 2. The van der Waals surface area contributed by atoms with Gasteiger partial charge in [0, 0.05) is 0 Å². The van der Waals surface area contributed by atoms with Crippen molar-refractivity contribution in [2.45, 2.75) is 18.2 Å². The zero-order valence-electron chi connectivity index (χ0n) is 10.2. The molecule has 0 fully saturated rings. The molecule has 0 amide bonds. The van der Waals surface area contributed by atoms with E-state index in [0.717, 1.165) is 0 Å². The number of nitrogens with one attached hydrogen (secondary N) is 2. The van der Waals surface area contributed by atoms with Gasteiger partial charge in [0.1, 0.15) is 10.7 Å². The molecule has 1 aromatic rings. The van der Waals surface area contributed by atoms with E-state index in [-0.39, 0.29) is 35.1 Å². The average molecular weight is 286 g/mol. The molecule has 0 spiro atoms. The lowest BCUT2D eigenvalue weighted by molar-refractivity contribution is -0.125. The van der Waals surface area contributed by atoms with Gasteiger partial charge in [-0.05, 0) is 19.1 Å². The maximum Gasteiger partial charge on any atom is 0.296 e. The summed E-state index contributed by atoms with van der Waals surface area (Å²) in [7, 11) is -4.34. The van der Waals surface area contributed by atoms with Crippen molar-refractivity contribution in [1.82, 2.24) is 5.43 Å². The Kier molecular flexibility index (Phi) is 5.16. The molecule has 3 N–H and O–H groups in total. The number of hydrogen-bond donors (Lipinski definition) is 3. The molecule has 0 heterocycles. The van der Waals surface area contributed by atoms with Crippen LogP contribution >= 0.6 is 0 Å². The Morgan fingerprint density at radius 1 is 1.26 bits per heavy atom. The Balaban J connectivity index is 2.64. The van der Waals surface area contributed by atoms with Gasteiger partial charge in [-0.15, -0.1) is 0 Å². The fraction of sp³-hybridized carbons (Fsp3) is 0.273. The van der Waals surface area contributed by atoms with E-state index in [4.69, 9.17) is 4.55 Å². The van der Waals surface area contributed by atoms with Crippen LogP contribution in [0.2, 0.25) is 0 Å². The van der Waals surface area contributed by atoms with Crippen LogP contribution in [0.25, 0.3) is 0 Å². The van der Waals surface area contributed by atoms with Crippen LogP contribution in [0.4, 0.5) is 5.69 Å². The van der Waals surface area contributed by atoms with Crippen molar-refractivity contribution >= 4 is 27.4 Å². The average Bonchev–Trinajstić information content (AvgIpc) is 2.27. The molecule has 0 unspecified atom stereocenters. The summed E-state index contributed by atoms with van der Waals surface area (Å²) < 4.78 is 31.1. The van der Waals surface area contributed by atoms with Crippen LogP contribution in [0.15, 0.2) is 29.2 Å². The number of rotatable bonds is 7. The van der Waals surface area contributed by atoms with E-state index in [1.54, 1.807) is 6.07 Å². The van der Waals surface area contributed by atoms with Crippen LogP contribution in [0.1, 0.15) is 13.3 Å². The van der Waals surface area contributed by atoms with E-state index < -0.39 is 10.1 Å². The van der Waals surface area contributed by atoms with Gasteiger partial charge in [-0.2, -0.15) is 8.42 Å². The third kappa shape index (κ3) is 5.16. The summed E-state index contributed by atoms with van der Waals surface area (Å²) in [6, 6.07) is 5.66. The van der Waals surface area contributed by atoms with Crippen LogP contribution in [0.5, 0.6) is 0 Å². The Labute approximate surface area is 110 Å². The standard InChI is InChI=1S/C11H14N2O5S/c1-8(14)6-9(15)7-12-13-10-4-2-3-5-11(10)19(16,17)18/h2-5,12-13H,6-7H2,1H3,(H,16,17,18). The van der Waals surface area contributed by atoms with E-state index in [0.29, 0.717) is 0 Å². The zero-order chi connectivity index (χ0) is 14.5. The molecule has 7 nitrogen and oxygen atoms in total. The fourth-order valence-corrected chi connectivity index (χ4v) is 2.02. The van der Waals surface area contributed by atoms with Crippen molar-refractivity contribution in [1.29, 1.82) is 0 Å². The molecule has 0 radical (unpaired) electrons. The number of Topliss-reactive ketones (excluding diaryl/α,β-unsaturated/α-hetero) is 2. The normalized spacial score (nSPS) is 11.1. The summed E-state index contributed by atoms with van der Waals surface area (Å²) in [4.78, 5) is 21.6. The fourth-order valence-electron chi connectivity index (χ4n) is 1.37. The first-order valence-electron chi connectivity index (χ1n) is 5.37. The number of para-hydroxylation sites is 1. The second kappa shape index (κ2) is 6.41. The summed E-state index contributed by atoms with van der Waals surface area (Å²) in [6.07, 6.45) is -0.186. The van der Waals surface area contributed by atoms with Gasteiger partial charge < -0.3 is 5.43 Å². The molecule has 0 saturated carbocycles. The third-order valence-electron chi connectivity index (χ3n) is 2.12. The van der Waals surface area contributed by atoms with Crippen LogP contribution in [-0.4, -0.2) is 31.1 Å².